The standard InChI is InChI=1S/C25H32O7/c1-25(2,3)24(28)32-22-21(30-15-18-12-8-5-9-13-18)20(26)19(31-23(22)27)16-29-14-17-10-6-4-7-11-17/h4-13,19-23,26-27H,14-16H2,1-3H3/t19-,20-,21+,22-,23-/m1/s1. The van der Waals surface area contributed by atoms with E-state index in [1.54, 1.807) is 20.8 Å². The van der Waals surface area contributed by atoms with Gasteiger partial charge < -0.3 is 29.2 Å². The Labute approximate surface area is 188 Å². The molecule has 1 heterocycles. The molecule has 0 unspecified atom stereocenters. The number of carbonyl (C=O) groups excluding carboxylic acids is 1. The third-order valence-electron chi connectivity index (χ3n) is 5.17. The molecule has 2 aromatic rings. The molecule has 174 valence electrons. The zero-order chi connectivity index (χ0) is 23.1. The van der Waals surface area contributed by atoms with E-state index in [1.807, 2.05) is 60.7 Å². The van der Waals surface area contributed by atoms with E-state index in [0.29, 0.717) is 6.61 Å². The highest BCUT2D eigenvalue weighted by Gasteiger charge is 2.48. The average molecular weight is 445 g/mol. The van der Waals surface area contributed by atoms with Crippen molar-refractivity contribution in [3.05, 3.63) is 71.8 Å². The molecule has 32 heavy (non-hydrogen) atoms. The third kappa shape index (κ3) is 6.60. The Morgan fingerprint density at radius 1 is 0.906 bits per heavy atom. The van der Waals surface area contributed by atoms with Crippen LogP contribution in [0.15, 0.2) is 60.7 Å². The summed E-state index contributed by atoms with van der Waals surface area (Å²) < 4.78 is 22.7. The number of hydrogen-bond donors (Lipinski definition) is 2. The van der Waals surface area contributed by atoms with E-state index < -0.39 is 42.1 Å². The Morgan fingerprint density at radius 3 is 2.03 bits per heavy atom. The Kier molecular flexibility index (Phi) is 8.39. The van der Waals surface area contributed by atoms with Crippen molar-refractivity contribution in [2.45, 2.75) is 64.7 Å². The molecule has 7 heteroatoms. The topological polar surface area (TPSA) is 94.5 Å². The van der Waals surface area contributed by atoms with Gasteiger partial charge in [-0.15, -0.1) is 0 Å². The van der Waals surface area contributed by atoms with Crippen molar-refractivity contribution in [1.82, 2.24) is 0 Å². The quantitative estimate of drug-likeness (QED) is 0.605. The summed E-state index contributed by atoms with van der Waals surface area (Å²) in [5.74, 6) is -0.524. The van der Waals surface area contributed by atoms with Gasteiger partial charge in [0.1, 0.15) is 18.3 Å². The van der Waals surface area contributed by atoms with Crippen molar-refractivity contribution < 1.29 is 34.0 Å². The average Bonchev–Trinajstić information content (AvgIpc) is 2.77. The fourth-order valence-electron chi connectivity index (χ4n) is 3.30. The Balaban J connectivity index is 1.69. The highest BCUT2D eigenvalue weighted by Crippen LogP contribution is 2.28. The summed E-state index contributed by atoms with van der Waals surface area (Å²) in [5.41, 5.74) is 1.08. The molecule has 1 saturated heterocycles. The van der Waals surface area contributed by atoms with Gasteiger partial charge >= 0.3 is 5.97 Å². The van der Waals surface area contributed by atoms with Gasteiger partial charge in [0.2, 0.25) is 0 Å². The molecular weight excluding hydrogens is 412 g/mol. The number of ether oxygens (including phenoxy) is 4. The highest BCUT2D eigenvalue weighted by atomic mass is 16.7. The number of carbonyl (C=O) groups is 1. The van der Waals surface area contributed by atoms with Crippen molar-refractivity contribution in [3.63, 3.8) is 0 Å². The van der Waals surface area contributed by atoms with Crippen molar-refractivity contribution in [2.24, 2.45) is 5.41 Å². The fraction of sp³-hybridized carbons (Fsp3) is 0.480. The molecule has 1 aliphatic rings. The molecular formula is C25H32O7. The molecule has 0 radical (unpaired) electrons. The van der Waals surface area contributed by atoms with E-state index in [2.05, 4.69) is 0 Å². The fourth-order valence-corrected chi connectivity index (χ4v) is 3.30. The van der Waals surface area contributed by atoms with Crippen molar-refractivity contribution in [1.29, 1.82) is 0 Å². The summed E-state index contributed by atoms with van der Waals surface area (Å²) in [5, 5.41) is 21.6. The summed E-state index contributed by atoms with van der Waals surface area (Å²) in [4.78, 5) is 12.5. The van der Waals surface area contributed by atoms with Crippen LogP contribution in [0.4, 0.5) is 0 Å². The lowest BCUT2D eigenvalue weighted by Crippen LogP contribution is -2.61. The zero-order valence-electron chi connectivity index (χ0n) is 18.7. The summed E-state index contributed by atoms with van der Waals surface area (Å²) in [6.45, 7) is 5.68. The maximum atomic E-state index is 12.5. The summed E-state index contributed by atoms with van der Waals surface area (Å²) in [7, 11) is 0. The first-order chi connectivity index (χ1) is 15.3. The first-order valence-electron chi connectivity index (χ1n) is 10.8. The van der Waals surface area contributed by atoms with Gasteiger partial charge in [0.05, 0.1) is 25.2 Å². The predicted molar refractivity (Wildman–Crippen MR) is 117 cm³/mol. The first-order valence-corrected chi connectivity index (χ1v) is 10.8. The number of esters is 1. The number of aliphatic hydroxyl groups is 2. The number of benzene rings is 2. The van der Waals surface area contributed by atoms with Crippen LogP contribution >= 0.6 is 0 Å². The molecule has 0 spiro atoms. The minimum atomic E-state index is -1.46. The van der Waals surface area contributed by atoms with Gasteiger partial charge in [-0.2, -0.15) is 0 Å². The molecule has 3 rings (SSSR count). The Hall–Kier alpha value is -2.29. The minimum absolute atomic E-state index is 0.0399. The first kappa shape index (κ1) is 24.4. The molecule has 2 aromatic carbocycles. The number of aliphatic hydroxyl groups excluding tert-OH is 2. The second kappa shape index (κ2) is 11.0. The SMILES string of the molecule is CC(C)(C)C(=O)O[C@@H]1[C@@H](OCc2ccccc2)[C@H](O)[C@@H](COCc2ccccc2)O[C@H]1O. The van der Waals surface area contributed by atoms with Crippen LogP contribution < -0.4 is 0 Å². The van der Waals surface area contributed by atoms with E-state index in [4.69, 9.17) is 18.9 Å². The van der Waals surface area contributed by atoms with Crippen LogP contribution in [-0.4, -0.2) is 53.5 Å². The van der Waals surface area contributed by atoms with Crippen LogP contribution in [0, 0.1) is 5.41 Å². The van der Waals surface area contributed by atoms with Gasteiger partial charge in [0.25, 0.3) is 0 Å². The van der Waals surface area contributed by atoms with Gasteiger partial charge in [0, 0.05) is 0 Å². The minimum Gasteiger partial charge on any atom is -0.454 e. The van der Waals surface area contributed by atoms with Crippen LogP contribution in [0.2, 0.25) is 0 Å². The van der Waals surface area contributed by atoms with E-state index in [-0.39, 0.29) is 13.2 Å². The van der Waals surface area contributed by atoms with Gasteiger partial charge in [-0.1, -0.05) is 60.7 Å². The largest absolute Gasteiger partial charge is 0.454 e. The molecule has 1 fully saturated rings. The molecule has 1 aliphatic heterocycles. The normalized spacial score (nSPS) is 26.0. The van der Waals surface area contributed by atoms with Crippen molar-refractivity contribution in [2.75, 3.05) is 6.61 Å². The van der Waals surface area contributed by atoms with Gasteiger partial charge in [-0.3, -0.25) is 4.79 Å². The van der Waals surface area contributed by atoms with E-state index >= 15 is 0 Å². The maximum Gasteiger partial charge on any atom is 0.311 e. The monoisotopic (exact) mass is 444 g/mol. The van der Waals surface area contributed by atoms with Crippen molar-refractivity contribution in [3.8, 4) is 0 Å². The number of hydrogen-bond acceptors (Lipinski definition) is 7. The van der Waals surface area contributed by atoms with Gasteiger partial charge in [-0.05, 0) is 31.9 Å². The van der Waals surface area contributed by atoms with Gasteiger partial charge in [0.15, 0.2) is 12.4 Å². The summed E-state index contributed by atoms with van der Waals surface area (Å²) >= 11 is 0. The van der Waals surface area contributed by atoms with E-state index in [1.165, 1.54) is 0 Å². The lowest BCUT2D eigenvalue weighted by molar-refractivity contribution is -0.303. The van der Waals surface area contributed by atoms with Crippen LogP contribution in [0.3, 0.4) is 0 Å². The second-order valence-corrected chi connectivity index (χ2v) is 8.94. The smallest absolute Gasteiger partial charge is 0.311 e. The van der Waals surface area contributed by atoms with Crippen LogP contribution in [0.25, 0.3) is 0 Å². The van der Waals surface area contributed by atoms with E-state index in [9.17, 15) is 15.0 Å². The second-order valence-electron chi connectivity index (χ2n) is 8.94. The third-order valence-corrected chi connectivity index (χ3v) is 5.17. The molecule has 0 aliphatic carbocycles. The maximum absolute atomic E-state index is 12.5. The molecule has 7 nitrogen and oxygen atoms in total. The molecule has 0 bridgehead atoms. The molecule has 0 saturated carbocycles. The van der Waals surface area contributed by atoms with Crippen molar-refractivity contribution >= 4 is 5.97 Å². The van der Waals surface area contributed by atoms with Gasteiger partial charge in [-0.25, -0.2) is 0 Å². The zero-order valence-corrected chi connectivity index (χ0v) is 18.7. The summed E-state index contributed by atoms with van der Waals surface area (Å²) in [6.07, 6.45) is -5.65. The van der Waals surface area contributed by atoms with E-state index in [0.717, 1.165) is 11.1 Å². The molecule has 2 N–H and O–H groups in total. The Bertz CT molecular complexity index is 834. The molecule has 5 atom stereocenters. The lowest BCUT2D eigenvalue weighted by atomic mass is 9.95. The van der Waals surface area contributed by atoms with Crippen LogP contribution in [0.5, 0.6) is 0 Å². The van der Waals surface area contributed by atoms with Crippen LogP contribution in [-0.2, 0) is 37.0 Å². The van der Waals surface area contributed by atoms with Crippen LogP contribution in [0.1, 0.15) is 31.9 Å². The molecule has 0 amide bonds. The highest BCUT2D eigenvalue weighted by molar-refractivity contribution is 5.75. The Morgan fingerprint density at radius 2 is 1.47 bits per heavy atom. The number of rotatable bonds is 8. The lowest BCUT2D eigenvalue weighted by Gasteiger charge is -2.42. The predicted octanol–water partition coefficient (Wildman–Crippen LogP) is 2.82. The molecule has 0 aromatic heterocycles. The summed E-state index contributed by atoms with van der Waals surface area (Å²) in [6, 6.07) is 19.0.